The number of piperazine rings is 1. The Labute approximate surface area is 154 Å². The second-order valence-electron chi connectivity index (χ2n) is 6.98. The monoisotopic (exact) mass is 360 g/mol. The molecule has 2 aliphatic rings. The van der Waals surface area contributed by atoms with E-state index in [2.05, 4.69) is 27.4 Å². The molecule has 1 saturated heterocycles. The lowest BCUT2D eigenvalue weighted by Gasteiger charge is -2.34. The average molecular weight is 360 g/mol. The van der Waals surface area contributed by atoms with Gasteiger partial charge in [-0.15, -0.1) is 0 Å². The molecule has 0 aliphatic carbocycles. The van der Waals surface area contributed by atoms with Crippen LogP contribution < -0.4 is 15.4 Å². The molecule has 2 amide bonds. The SMILES string of the molecule is CCCNC(=O)CN1CCN(Cc2ccc3c(c2)NC(=O)C(C)O3)CC1. The zero-order valence-electron chi connectivity index (χ0n) is 15.6. The summed E-state index contributed by atoms with van der Waals surface area (Å²) in [6.45, 7) is 9.49. The number of fused-ring (bicyclic) bond motifs is 1. The third-order valence-corrected chi connectivity index (χ3v) is 4.79. The Balaban J connectivity index is 1.48. The molecule has 7 heteroatoms. The van der Waals surface area contributed by atoms with Gasteiger partial charge in [0.25, 0.3) is 5.91 Å². The highest BCUT2D eigenvalue weighted by molar-refractivity contribution is 5.97. The molecule has 0 radical (unpaired) electrons. The Kier molecular flexibility index (Phi) is 6.11. The average Bonchev–Trinajstić information content (AvgIpc) is 2.63. The molecular formula is C19H28N4O3. The first-order valence-corrected chi connectivity index (χ1v) is 9.37. The van der Waals surface area contributed by atoms with E-state index in [9.17, 15) is 9.59 Å². The van der Waals surface area contributed by atoms with Crippen molar-refractivity contribution in [2.24, 2.45) is 0 Å². The molecule has 2 N–H and O–H groups in total. The lowest BCUT2D eigenvalue weighted by atomic mass is 10.1. The van der Waals surface area contributed by atoms with E-state index in [1.165, 1.54) is 0 Å². The summed E-state index contributed by atoms with van der Waals surface area (Å²) in [6, 6.07) is 5.96. The van der Waals surface area contributed by atoms with Gasteiger partial charge in [-0.3, -0.25) is 19.4 Å². The number of carbonyl (C=O) groups excluding carboxylic acids is 2. The van der Waals surface area contributed by atoms with Crippen LogP contribution in [-0.4, -0.2) is 67.0 Å². The van der Waals surface area contributed by atoms with Gasteiger partial charge in [0, 0.05) is 39.3 Å². The number of nitrogens with zero attached hydrogens (tertiary/aromatic N) is 2. The van der Waals surface area contributed by atoms with Gasteiger partial charge in [0.15, 0.2) is 6.10 Å². The number of anilines is 1. The van der Waals surface area contributed by atoms with Crippen LogP contribution in [0.2, 0.25) is 0 Å². The first kappa shape index (κ1) is 18.7. The molecule has 1 atom stereocenters. The Hall–Kier alpha value is -2.12. The second-order valence-corrected chi connectivity index (χ2v) is 6.98. The summed E-state index contributed by atoms with van der Waals surface area (Å²) >= 11 is 0. The first-order chi connectivity index (χ1) is 12.5. The molecule has 1 aromatic carbocycles. The fourth-order valence-electron chi connectivity index (χ4n) is 3.24. The van der Waals surface area contributed by atoms with Crippen LogP contribution in [0.5, 0.6) is 5.75 Å². The number of hydrogen-bond acceptors (Lipinski definition) is 5. The Bertz CT molecular complexity index is 656. The minimum Gasteiger partial charge on any atom is -0.479 e. The van der Waals surface area contributed by atoms with Crippen molar-refractivity contribution in [1.29, 1.82) is 0 Å². The fourth-order valence-corrected chi connectivity index (χ4v) is 3.24. The molecule has 0 bridgehead atoms. The molecule has 0 spiro atoms. The molecule has 2 heterocycles. The maximum Gasteiger partial charge on any atom is 0.265 e. The van der Waals surface area contributed by atoms with E-state index in [4.69, 9.17) is 4.74 Å². The predicted octanol–water partition coefficient (Wildman–Crippen LogP) is 1.05. The maximum absolute atomic E-state index is 11.8. The molecule has 2 aliphatic heterocycles. The molecule has 142 valence electrons. The van der Waals surface area contributed by atoms with Gasteiger partial charge in [-0.2, -0.15) is 0 Å². The van der Waals surface area contributed by atoms with Gasteiger partial charge in [-0.1, -0.05) is 13.0 Å². The zero-order valence-corrected chi connectivity index (χ0v) is 15.6. The first-order valence-electron chi connectivity index (χ1n) is 9.37. The molecule has 3 rings (SSSR count). The van der Waals surface area contributed by atoms with Crippen LogP contribution in [0, 0.1) is 0 Å². The molecule has 1 unspecified atom stereocenters. The summed E-state index contributed by atoms with van der Waals surface area (Å²) in [5.74, 6) is 0.730. The summed E-state index contributed by atoms with van der Waals surface area (Å²) in [7, 11) is 0. The minimum atomic E-state index is -0.448. The van der Waals surface area contributed by atoms with Crippen molar-refractivity contribution in [2.75, 3.05) is 44.6 Å². The van der Waals surface area contributed by atoms with E-state index in [1.807, 2.05) is 18.2 Å². The van der Waals surface area contributed by atoms with Crippen molar-refractivity contribution in [3.63, 3.8) is 0 Å². The number of ether oxygens (including phenoxy) is 1. The maximum atomic E-state index is 11.8. The summed E-state index contributed by atoms with van der Waals surface area (Å²) < 4.78 is 5.60. The van der Waals surface area contributed by atoms with Gasteiger partial charge in [0.05, 0.1) is 12.2 Å². The van der Waals surface area contributed by atoms with Crippen LogP contribution in [0.25, 0.3) is 0 Å². The van der Waals surface area contributed by atoms with E-state index in [0.29, 0.717) is 6.54 Å². The number of benzene rings is 1. The molecular weight excluding hydrogens is 332 g/mol. The summed E-state index contributed by atoms with van der Waals surface area (Å²) in [5.41, 5.74) is 1.90. The largest absolute Gasteiger partial charge is 0.479 e. The quantitative estimate of drug-likeness (QED) is 0.793. The number of amides is 2. The van der Waals surface area contributed by atoms with Crippen molar-refractivity contribution in [1.82, 2.24) is 15.1 Å². The van der Waals surface area contributed by atoms with E-state index in [1.54, 1.807) is 6.92 Å². The van der Waals surface area contributed by atoms with Gasteiger partial charge >= 0.3 is 0 Å². The van der Waals surface area contributed by atoms with Crippen molar-refractivity contribution < 1.29 is 14.3 Å². The topological polar surface area (TPSA) is 73.9 Å². The van der Waals surface area contributed by atoms with Crippen molar-refractivity contribution in [2.45, 2.75) is 32.9 Å². The highest BCUT2D eigenvalue weighted by Crippen LogP contribution is 2.30. The molecule has 7 nitrogen and oxygen atoms in total. The normalized spacial score (nSPS) is 20.8. The van der Waals surface area contributed by atoms with Crippen LogP contribution in [-0.2, 0) is 16.1 Å². The zero-order chi connectivity index (χ0) is 18.5. The summed E-state index contributed by atoms with van der Waals surface area (Å²) in [6.07, 6.45) is 0.515. The van der Waals surface area contributed by atoms with Crippen molar-refractivity contribution >= 4 is 17.5 Å². The Morgan fingerprint density at radius 1 is 1.27 bits per heavy atom. The lowest BCUT2D eigenvalue weighted by Crippen LogP contribution is -2.49. The van der Waals surface area contributed by atoms with Crippen molar-refractivity contribution in [3.8, 4) is 5.75 Å². The summed E-state index contributed by atoms with van der Waals surface area (Å²) in [5, 5.41) is 5.82. The van der Waals surface area contributed by atoms with Crippen molar-refractivity contribution in [3.05, 3.63) is 23.8 Å². The van der Waals surface area contributed by atoms with Gasteiger partial charge in [0.2, 0.25) is 5.91 Å². The Morgan fingerprint density at radius 3 is 2.73 bits per heavy atom. The molecule has 0 aromatic heterocycles. The number of hydrogen-bond donors (Lipinski definition) is 2. The standard InChI is InChI=1S/C19H28N4O3/c1-3-6-20-18(24)13-23-9-7-22(8-10-23)12-15-4-5-17-16(11-15)21-19(25)14(2)26-17/h4-5,11,14H,3,6-10,12-13H2,1-2H3,(H,20,24)(H,21,25). The highest BCUT2D eigenvalue weighted by Gasteiger charge is 2.24. The number of nitrogens with one attached hydrogen (secondary N) is 2. The second kappa shape index (κ2) is 8.51. The van der Waals surface area contributed by atoms with Gasteiger partial charge in [-0.05, 0) is 31.0 Å². The van der Waals surface area contributed by atoms with Crippen LogP contribution in [0.3, 0.4) is 0 Å². The van der Waals surface area contributed by atoms with Gasteiger partial charge in [0.1, 0.15) is 5.75 Å². The minimum absolute atomic E-state index is 0.107. The smallest absolute Gasteiger partial charge is 0.265 e. The van der Waals surface area contributed by atoms with Crippen LogP contribution in [0.1, 0.15) is 25.8 Å². The van der Waals surface area contributed by atoms with E-state index < -0.39 is 6.10 Å². The predicted molar refractivity (Wildman–Crippen MR) is 100 cm³/mol. The third-order valence-electron chi connectivity index (χ3n) is 4.79. The fraction of sp³-hybridized carbons (Fsp3) is 0.579. The lowest BCUT2D eigenvalue weighted by molar-refractivity contribution is -0.123. The van der Waals surface area contributed by atoms with Crippen LogP contribution >= 0.6 is 0 Å². The van der Waals surface area contributed by atoms with E-state index >= 15 is 0 Å². The molecule has 26 heavy (non-hydrogen) atoms. The van der Waals surface area contributed by atoms with Gasteiger partial charge in [-0.25, -0.2) is 0 Å². The Morgan fingerprint density at radius 2 is 2.00 bits per heavy atom. The number of carbonyl (C=O) groups is 2. The van der Waals surface area contributed by atoms with Crippen LogP contribution in [0.4, 0.5) is 5.69 Å². The van der Waals surface area contributed by atoms with E-state index in [0.717, 1.165) is 62.7 Å². The molecule has 0 saturated carbocycles. The third kappa shape index (κ3) is 4.74. The summed E-state index contributed by atoms with van der Waals surface area (Å²) in [4.78, 5) is 28.1. The molecule has 1 aromatic rings. The number of rotatable bonds is 6. The highest BCUT2D eigenvalue weighted by atomic mass is 16.5. The molecule has 1 fully saturated rings. The van der Waals surface area contributed by atoms with Gasteiger partial charge < -0.3 is 15.4 Å². The van der Waals surface area contributed by atoms with E-state index in [-0.39, 0.29) is 11.8 Å². The van der Waals surface area contributed by atoms with Crippen LogP contribution in [0.15, 0.2) is 18.2 Å².